The minimum atomic E-state index is -0.806. The van der Waals surface area contributed by atoms with Crippen LogP contribution in [0.5, 0.6) is 0 Å². The van der Waals surface area contributed by atoms with Gasteiger partial charge in [0.2, 0.25) is 5.91 Å². The highest BCUT2D eigenvalue weighted by molar-refractivity contribution is 9.10. The number of carbonyl (C=O) groups excluding carboxylic acids is 1. The Hall–Kier alpha value is -1.36. The lowest BCUT2D eigenvalue weighted by Gasteiger charge is -2.15. The second-order valence-electron chi connectivity index (χ2n) is 5.35. The average molecular weight is 340 g/mol. The Morgan fingerprint density at radius 1 is 1.40 bits per heavy atom. The van der Waals surface area contributed by atoms with E-state index in [1.165, 1.54) is 0 Å². The number of likely N-dealkylation sites (tertiary alicyclic amines) is 1. The van der Waals surface area contributed by atoms with Crippen molar-refractivity contribution in [1.29, 1.82) is 0 Å². The molecule has 1 amide bonds. The molecule has 1 aliphatic heterocycles. The van der Waals surface area contributed by atoms with Crippen molar-refractivity contribution in [3.63, 3.8) is 0 Å². The highest BCUT2D eigenvalue weighted by Gasteiger charge is 2.36. The molecule has 1 saturated heterocycles. The molecule has 0 spiro atoms. The fourth-order valence-corrected chi connectivity index (χ4v) is 3.04. The predicted molar refractivity (Wildman–Crippen MR) is 79.3 cm³/mol. The van der Waals surface area contributed by atoms with Crippen molar-refractivity contribution in [1.82, 2.24) is 4.90 Å². The number of carbonyl (C=O) groups is 2. The first-order valence-corrected chi connectivity index (χ1v) is 7.51. The second kappa shape index (κ2) is 6.39. The molecule has 2 atom stereocenters. The van der Waals surface area contributed by atoms with Crippen molar-refractivity contribution >= 4 is 27.8 Å². The van der Waals surface area contributed by atoms with Crippen molar-refractivity contribution < 1.29 is 14.7 Å². The summed E-state index contributed by atoms with van der Waals surface area (Å²) in [5.41, 5.74) is 1.11. The molecule has 0 saturated carbocycles. The zero-order chi connectivity index (χ0) is 14.7. The number of benzene rings is 1. The van der Waals surface area contributed by atoms with E-state index in [1.807, 2.05) is 31.2 Å². The minimum Gasteiger partial charge on any atom is -0.481 e. The number of amides is 1. The van der Waals surface area contributed by atoms with E-state index in [-0.39, 0.29) is 11.8 Å². The van der Waals surface area contributed by atoms with Crippen LogP contribution in [0.3, 0.4) is 0 Å². The molecule has 5 heteroatoms. The normalized spacial score (nSPS) is 22.0. The first kappa shape index (κ1) is 15.0. The predicted octanol–water partition coefficient (Wildman–Crippen LogP) is 2.56. The van der Waals surface area contributed by atoms with Gasteiger partial charge in [-0.1, -0.05) is 35.0 Å². The van der Waals surface area contributed by atoms with Crippen molar-refractivity contribution in [3.05, 3.63) is 34.3 Å². The average Bonchev–Trinajstić information content (AvgIpc) is 2.78. The molecule has 1 aromatic carbocycles. The first-order chi connectivity index (χ1) is 9.47. The Kier molecular flexibility index (Phi) is 4.81. The zero-order valence-corrected chi connectivity index (χ0v) is 13.0. The van der Waals surface area contributed by atoms with Crippen LogP contribution in [-0.4, -0.2) is 35.0 Å². The highest BCUT2D eigenvalue weighted by Crippen LogP contribution is 2.24. The van der Waals surface area contributed by atoms with Gasteiger partial charge in [0, 0.05) is 24.0 Å². The van der Waals surface area contributed by atoms with Gasteiger partial charge in [0.15, 0.2) is 0 Å². The number of hydrogen-bond acceptors (Lipinski definition) is 2. The molecule has 108 valence electrons. The van der Waals surface area contributed by atoms with E-state index in [1.54, 1.807) is 4.90 Å². The quantitative estimate of drug-likeness (QED) is 0.917. The number of aryl methyl sites for hydroxylation is 1. The Morgan fingerprint density at radius 3 is 2.75 bits per heavy atom. The van der Waals surface area contributed by atoms with Gasteiger partial charge in [-0.05, 0) is 30.0 Å². The van der Waals surface area contributed by atoms with Crippen molar-refractivity contribution in [3.8, 4) is 0 Å². The van der Waals surface area contributed by atoms with Crippen molar-refractivity contribution in [2.24, 2.45) is 11.8 Å². The molecule has 1 aromatic rings. The molecule has 1 N–H and O–H groups in total. The van der Waals surface area contributed by atoms with E-state index >= 15 is 0 Å². The number of nitrogens with zero attached hydrogens (tertiary/aromatic N) is 1. The lowest BCUT2D eigenvalue weighted by molar-refractivity contribution is -0.142. The maximum atomic E-state index is 12.1. The molecule has 0 bridgehead atoms. The third-order valence-electron chi connectivity index (χ3n) is 3.80. The van der Waals surface area contributed by atoms with Gasteiger partial charge in [-0.25, -0.2) is 0 Å². The van der Waals surface area contributed by atoms with E-state index in [2.05, 4.69) is 15.9 Å². The summed E-state index contributed by atoms with van der Waals surface area (Å²) in [6, 6.07) is 7.89. The first-order valence-electron chi connectivity index (χ1n) is 6.72. The molecule has 4 nitrogen and oxygen atoms in total. The summed E-state index contributed by atoms with van der Waals surface area (Å²) in [4.78, 5) is 24.9. The third kappa shape index (κ3) is 3.60. The molecule has 20 heavy (non-hydrogen) atoms. The fraction of sp³-hybridized carbons (Fsp3) is 0.467. The van der Waals surface area contributed by atoms with Gasteiger partial charge in [0.1, 0.15) is 0 Å². The van der Waals surface area contributed by atoms with Crippen LogP contribution >= 0.6 is 15.9 Å². The van der Waals surface area contributed by atoms with E-state index in [0.717, 1.165) is 10.0 Å². The number of aliphatic carboxylic acids is 1. The largest absolute Gasteiger partial charge is 0.481 e. The lowest BCUT2D eigenvalue weighted by atomic mass is 9.99. The highest BCUT2D eigenvalue weighted by atomic mass is 79.9. The topological polar surface area (TPSA) is 57.6 Å². The lowest BCUT2D eigenvalue weighted by Crippen LogP contribution is -2.30. The number of carboxylic acids is 1. The summed E-state index contributed by atoms with van der Waals surface area (Å²) in [5, 5.41) is 9.08. The van der Waals surface area contributed by atoms with Crippen LogP contribution in [-0.2, 0) is 16.0 Å². The molecule has 0 aliphatic carbocycles. The van der Waals surface area contributed by atoms with Gasteiger partial charge in [0.25, 0.3) is 0 Å². The molecule has 1 aliphatic rings. The summed E-state index contributed by atoms with van der Waals surface area (Å²) >= 11 is 3.41. The molecule has 1 heterocycles. The summed E-state index contributed by atoms with van der Waals surface area (Å²) < 4.78 is 1.00. The van der Waals surface area contributed by atoms with Crippen molar-refractivity contribution in [2.45, 2.75) is 19.8 Å². The van der Waals surface area contributed by atoms with Gasteiger partial charge in [0.05, 0.1) is 5.92 Å². The Bertz CT molecular complexity index is 518. The van der Waals surface area contributed by atoms with Crippen LogP contribution in [0.1, 0.15) is 18.9 Å². The van der Waals surface area contributed by atoms with Gasteiger partial charge >= 0.3 is 5.97 Å². The Balaban J connectivity index is 1.88. The monoisotopic (exact) mass is 339 g/mol. The van der Waals surface area contributed by atoms with E-state index < -0.39 is 11.9 Å². The van der Waals surface area contributed by atoms with Crippen LogP contribution in [0.15, 0.2) is 28.7 Å². The van der Waals surface area contributed by atoms with Gasteiger partial charge in [-0.3, -0.25) is 9.59 Å². The fourth-order valence-electron chi connectivity index (χ4n) is 2.59. The molecular weight excluding hydrogens is 322 g/mol. The maximum Gasteiger partial charge on any atom is 0.308 e. The maximum absolute atomic E-state index is 12.1. The van der Waals surface area contributed by atoms with Crippen LogP contribution < -0.4 is 0 Å². The standard InChI is InChI=1S/C15H18BrNO3/c1-10-8-17(9-13(10)15(19)20)14(18)6-5-11-3-2-4-12(16)7-11/h2-4,7,10,13H,5-6,8-9H2,1H3,(H,19,20). The van der Waals surface area contributed by atoms with Gasteiger partial charge in [-0.2, -0.15) is 0 Å². The minimum absolute atomic E-state index is 0.0299. The van der Waals surface area contributed by atoms with Crippen LogP contribution in [0.4, 0.5) is 0 Å². The second-order valence-corrected chi connectivity index (χ2v) is 6.27. The summed E-state index contributed by atoms with van der Waals surface area (Å²) in [6.07, 6.45) is 1.11. The third-order valence-corrected chi connectivity index (χ3v) is 4.29. The summed E-state index contributed by atoms with van der Waals surface area (Å²) in [5.74, 6) is -1.16. The van der Waals surface area contributed by atoms with Crippen LogP contribution in [0, 0.1) is 11.8 Å². The van der Waals surface area contributed by atoms with Crippen molar-refractivity contribution in [2.75, 3.05) is 13.1 Å². The molecular formula is C15H18BrNO3. The zero-order valence-electron chi connectivity index (χ0n) is 11.4. The molecule has 2 unspecified atom stereocenters. The van der Waals surface area contributed by atoms with Crippen LogP contribution in [0.25, 0.3) is 0 Å². The SMILES string of the molecule is CC1CN(C(=O)CCc2cccc(Br)c2)CC1C(=O)O. The number of carboxylic acid groups (broad SMARTS) is 1. The number of hydrogen-bond donors (Lipinski definition) is 1. The van der Waals surface area contributed by atoms with Gasteiger partial charge < -0.3 is 10.0 Å². The van der Waals surface area contributed by atoms with E-state index in [0.29, 0.717) is 25.9 Å². The summed E-state index contributed by atoms with van der Waals surface area (Å²) in [7, 11) is 0. The smallest absolute Gasteiger partial charge is 0.308 e. The van der Waals surface area contributed by atoms with Gasteiger partial charge in [-0.15, -0.1) is 0 Å². The number of rotatable bonds is 4. The number of halogens is 1. The molecule has 1 fully saturated rings. The van der Waals surface area contributed by atoms with E-state index in [9.17, 15) is 9.59 Å². The van der Waals surface area contributed by atoms with E-state index in [4.69, 9.17) is 5.11 Å². The molecule has 2 rings (SSSR count). The molecule has 0 radical (unpaired) electrons. The Labute approximate surface area is 126 Å². The molecule has 0 aromatic heterocycles. The van der Waals surface area contributed by atoms with Crippen LogP contribution in [0.2, 0.25) is 0 Å². The summed E-state index contributed by atoms with van der Waals surface area (Å²) in [6.45, 7) is 2.78. The Morgan fingerprint density at radius 2 is 2.15 bits per heavy atom.